The van der Waals surface area contributed by atoms with Gasteiger partial charge < -0.3 is 4.57 Å². The second kappa shape index (κ2) is 5.27. The molecule has 0 aliphatic heterocycles. The summed E-state index contributed by atoms with van der Waals surface area (Å²) in [5.41, 5.74) is 0.577. The number of aromatic nitrogens is 3. The number of fused-ring (bicyclic) bond motifs is 2. The van der Waals surface area contributed by atoms with Gasteiger partial charge in [-0.1, -0.05) is 0 Å². The molecule has 0 aliphatic rings. The van der Waals surface area contributed by atoms with Crippen molar-refractivity contribution in [3.63, 3.8) is 0 Å². The SMILES string of the molecule is Cn1c(-c2cncc3ccc(F)cc23)nc2cc(C(F)(F)F)ccc21. The number of alkyl halides is 3. The zero-order valence-electron chi connectivity index (χ0n) is 13.0. The molecule has 0 saturated heterocycles. The molecule has 0 spiro atoms. The molecule has 3 nitrogen and oxygen atoms in total. The fourth-order valence-corrected chi connectivity index (χ4v) is 2.93. The van der Waals surface area contributed by atoms with E-state index in [1.807, 2.05) is 0 Å². The first kappa shape index (κ1) is 15.6. The summed E-state index contributed by atoms with van der Waals surface area (Å²) < 4.78 is 54.1. The summed E-state index contributed by atoms with van der Waals surface area (Å²) in [6.45, 7) is 0. The Balaban J connectivity index is 1.99. The van der Waals surface area contributed by atoms with E-state index in [0.29, 0.717) is 22.3 Å². The molecule has 0 amide bonds. The number of imidazole rings is 1. The molecule has 0 saturated carbocycles. The molecule has 126 valence electrons. The minimum absolute atomic E-state index is 0.223. The van der Waals surface area contributed by atoms with Crippen LogP contribution in [0.3, 0.4) is 0 Å². The van der Waals surface area contributed by atoms with Gasteiger partial charge in [-0.15, -0.1) is 0 Å². The quantitative estimate of drug-likeness (QED) is 0.457. The van der Waals surface area contributed by atoms with Crippen molar-refractivity contribution < 1.29 is 17.6 Å². The van der Waals surface area contributed by atoms with Gasteiger partial charge in [-0.25, -0.2) is 9.37 Å². The van der Waals surface area contributed by atoms with Crippen LogP contribution in [0.25, 0.3) is 33.2 Å². The van der Waals surface area contributed by atoms with Gasteiger partial charge in [-0.05, 0) is 41.8 Å². The highest BCUT2D eigenvalue weighted by Gasteiger charge is 2.31. The van der Waals surface area contributed by atoms with Gasteiger partial charge >= 0.3 is 6.18 Å². The number of halogens is 4. The normalized spacial score (nSPS) is 12.2. The van der Waals surface area contributed by atoms with Crippen LogP contribution in [-0.2, 0) is 13.2 Å². The average molecular weight is 345 g/mol. The summed E-state index contributed by atoms with van der Waals surface area (Å²) in [5.74, 6) is 0.0242. The molecule has 4 rings (SSSR count). The van der Waals surface area contributed by atoms with Crippen LogP contribution in [0.5, 0.6) is 0 Å². The predicted molar refractivity (Wildman–Crippen MR) is 86.4 cm³/mol. The summed E-state index contributed by atoms with van der Waals surface area (Å²) in [4.78, 5) is 8.47. The Labute approximate surface area is 139 Å². The first-order chi connectivity index (χ1) is 11.8. The van der Waals surface area contributed by atoms with Gasteiger partial charge in [0, 0.05) is 30.4 Å². The summed E-state index contributed by atoms with van der Waals surface area (Å²) in [6, 6.07) is 7.72. The molecular formula is C18H11F4N3. The van der Waals surface area contributed by atoms with Gasteiger partial charge in [0.1, 0.15) is 11.6 Å². The van der Waals surface area contributed by atoms with Gasteiger partial charge in [0.25, 0.3) is 0 Å². The molecule has 0 N–H and O–H groups in total. The molecule has 0 fully saturated rings. The lowest BCUT2D eigenvalue weighted by Crippen LogP contribution is -2.04. The van der Waals surface area contributed by atoms with Crippen LogP contribution in [-0.4, -0.2) is 14.5 Å². The Morgan fingerprint density at radius 3 is 2.56 bits per heavy atom. The lowest BCUT2D eigenvalue weighted by molar-refractivity contribution is -0.137. The Hall–Kier alpha value is -2.96. The molecule has 2 aromatic carbocycles. The molecule has 0 aliphatic carbocycles. The van der Waals surface area contributed by atoms with E-state index in [2.05, 4.69) is 9.97 Å². The van der Waals surface area contributed by atoms with Crippen molar-refractivity contribution in [2.75, 3.05) is 0 Å². The fraction of sp³-hybridized carbons (Fsp3) is 0.111. The lowest BCUT2D eigenvalue weighted by Gasteiger charge is -2.07. The van der Waals surface area contributed by atoms with Crippen LogP contribution in [0.1, 0.15) is 5.56 Å². The number of hydrogen-bond acceptors (Lipinski definition) is 2. The van der Waals surface area contributed by atoms with E-state index < -0.39 is 17.6 Å². The standard InChI is InChI=1S/C18H11F4N3/c1-25-16-5-3-11(18(20,21)22)6-15(16)24-17(25)14-9-23-8-10-2-4-12(19)7-13(10)14/h2-9H,1H3. The lowest BCUT2D eigenvalue weighted by atomic mass is 10.1. The van der Waals surface area contributed by atoms with E-state index in [1.54, 1.807) is 23.9 Å². The van der Waals surface area contributed by atoms with Gasteiger partial charge in [-0.2, -0.15) is 13.2 Å². The first-order valence-corrected chi connectivity index (χ1v) is 7.42. The maximum absolute atomic E-state index is 13.6. The number of pyridine rings is 1. The third kappa shape index (κ3) is 2.52. The Kier molecular flexibility index (Phi) is 3.28. The smallest absolute Gasteiger partial charge is 0.327 e. The number of hydrogen-bond donors (Lipinski definition) is 0. The van der Waals surface area contributed by atoms with Crippen molar-refractivity contribution in [3.05, 3.63) is 60.2 Å². The highest BCUT2D eigenvalue weighted by atomic mass is 19.4. The zero-order chi connectivity index (χ0) is 17.8. The molecule has 0 unspecified atom stereocenters. The number of aryl methyl sites for hydroxylation is 1. The third-order valence-electron chi connectivity index (χ3n) is 4.17. The molecule has 2 aromatic heterocycles. The molecule has 4 aromatic rings. The third-order valence-corrected chi connectivity index (χ3v) is 4.17. The van der Waals surface area contributed by atoms with Gasteiger partial charge in [0.2, 0.25) is 0 Å². The maximum atomic E-state index is 13.6. The van der Waals surface area contributed by atoms with Crippen LogP contribution >= 0.6 is 0 Å². The Bertz CT molecular complexity index is 1110. The summed E-state index contributed by atoms with van der Waals surface area (Å²) in [7, 11) is 1.70. The molecule has 25 heavy (non-hydrogen) atoms. The second-order valence-electron chi connectivity index (χ2n) is 5.75. The monoisotopic (exact) mass is 345 g/mol. The minimum atomic E-state index is -4.43. The van der Waals surface area contributed by atoms with E-state index in [9.17, 15) is 17.6 Å². The van der Waals surface area contributed by atoms with Gasteiger partial charge in [0.15, 0.2) is 0 Å². The fourth-order valence-electron chi connectivity index (χ4n) is 2.93. The average Bonchev–Trinajstić information content (AvgIpc) is 2.90. The van der Waals surface area contributed by atoms with E-state index in [0.717, 1.165) is 17.5 Å². The first-order valence-electron chi connectivity index (χ1n) is 7.42. The van der Waals surface area contributed by atoms with Gasteiger partial charge in [-0.3, -0.25) is 4.98 Å². The van der Waals surface area contributed by atoms with Gasteiger partial charge in [0.05, 0.1) is 16.6 Å². The molecular weight excluding hydrogens is 334 g/mol. The minimum Gasteiger partial charge on any atom is -0.327 e. The Morgan fingerprint density at radius 1 is 1.00 bits per heavy atom. The van der Waals surface area contributed by atoms with Crippen molar-refractivity contribution in [3.8, 4) is 11.4 Å². The zero-order valence-corrected chi connectivity index (χ0v) is 13.0. The van der Waals surface area contributed by atoms with E-state index in [-0.39, 0.29) is 5.52 Å². The van der Waals surface area contributed by atoms with Crippen LogP contribution in [0.2, 0.25) is 0 Å². The van der Waals surface area contributed by atoms with Crippen LogP contribution < -0.4 is 0 Å². The maximum Gasteiger partial charge on any atom is 0.416 e. The molecule has 0 radical (unpaired) electrons. The van der Waals surface area contributed by atoms with E-state index in [4.69, 9.17) is 0 Å². The predicted octanol–water partition coefficient (Wildman–Crippen LogP) is 4.95. The number of benzene rings is 2. The highest BCUT2D eigenvalue weighted by Crippen LogP contribution is 2.34. The van der Waals surface area contributed by atoms with Crippen molar-refractivity contribution >= 4 is 21.8 Å². The molecule has 2 heterocycles. The van der Waals surface area contributed by atoms with Crippen LogP contribution in [0.15, 0.2) is 48.8 Å². The topological polar surface area (TPSA) is 30.7 Å². The molecule has 0 bridgehead atoms. The van der Waals surface area contributed by atoms with Crippen molar-refractivity contribution in [1.29, 1.82) is 0 Å². The number of nitrogens with zero attached hydrogens (tertiary/aromatic N) is 3. The highest BCUT2D eigenvalue weighted by molar-refractivity contribution is 5.96. The van der Waals surface area contributed by atoms with Crippen molar-refractivity contribution in [2.45, 2.75) is 6.18 Å². The van der Waals surface area contributed by atoms with Crippen LogP contribution in [0, 0.1) is 5.82 Å². The number of rotatable bonds is 1. The summed E-state index contributed by atoms with van der Waals surface area (Å²) in [5, 5.41) is 1.33. The largest absolute Gasteiger partial charge is 0.416 e. The van der Waals surface area contributed by atoms with Crippen LogP contribution in [0.4, 0.5) is 17.6 Å². The Morgan fingerprint density at radius 2 is 1.80 bits per heavy atom. The van der Waals surface area contributed by atoms with E-state index in [1.165, 1.54) is 24.4 Å². The second-order valence-corrected chi connectivity index (χ2v) is 5.75. The van der Waals surface area contributed by atoms with Crippen molar-refractivity contribution in [2.24, 2.45) is 7.05 Å². The molecule has 0 atom stereocenters. The van der Waals surface area contributed by atoms with Crippen molar-refractivity contribution in [1.82, 2.24) is 14.5 Å². The summed E-state index contributed by atoms with van der Waals surface area (Å²) in [6.07, 6.45) is -1.30. The van der Waals surface area contributed by atoms with E-state index >= 15 is 0 Å². The summed E-state index contributed by atoms with van der Waals surface area (Å²) >= 11 is 0. The molecule has 7 heteroatoms.